The minimum Gasteiger partial charge on any atom is -0.358 e. The third-order valence-corrected chi connectivity index (χ3v) is 7.68. The number of likely N-dealkylation sites (tertiary alicyclic amines) is 1. The maximum atomic E-state index is 12.8. The molecule has 0 radical (unpaired) electrons. The van der Waals surface area contributed by atoms with Gasteiger partial charge in [-0.05, 0) is 11.4 Å². The van der Waals surface area contributed by atoms with Crippen LogP contribution in [0.2, 0.25) is 0 Å². The standard InChI is InChI=1S/C14H20N2O4S2/c1-2-12(17)15-7-5-14(6-8-15)16(9-10-20-14)22(18,19)13-4-3-11-21-13/h3-4,11H,2,5-10H2,1H3. The first-order valence-electron chi connectivity index (χ1n) is 7.48. The summed E-state index contributed by atoms with van der Waals surface area (Å²) in [6, 6.07) is 3.37. The van der Waals surface area contributed by atoms with E-state index >= 15 is 0 Å². The van der Waals surface area contributed by atoms with E-state index in [1.54, 1.807) is 22.4 Å². The molecule has 0 aromatic carbocycles. The fraction of sp³-hybridized carbons (Fsp3) is 0.643. The molecule has 2 aliphatic rings. The molecule has 0 atom stereocenters. The van der Waals surface area contributed by atoms with E-state index < -0.39 is 15.7 Å². The first kappa shape index (κ1) is 15.9. The zero-order valence-corrected chi connectivity index (χ0v) is 14.2. The van der Waals surface area contributed by atoms with Crippen LogP contribution in [0.4, 0.5) is 0 Å². The number of nitrogens with zero attached hydrogens (tertiary/aromatic N) is 2. The second-order valence-corrected chi connectivity index (χ2v) is 8.58. The highest BCUT2D eigenvalue weighted by Gasteiger charge is 2.51. The molecule has 1 spiro atoms. The summed E-state index contributed by atoms with van der Waals surface area (Å²) < 4.78 is 33.3. The Hall–Kier alpha value is -0.960. The van der Waals surface area contributed by atoms with E-state index in [0.717, 1.165) is 0 Å². The van der Waals surface area contributed by atoms with Crippen LogP contribution in [0.15, 0.2) is 21.7 Å². The number of rotatable bonds is 3. The number of piperidine rings is 1. The van der Waals surface area contributed by atoms with Crippen LogP contribution >= 0.6 is 11.3 Å². The highest BCUT2D eigenvalue weighted by molar-refractivity contribution is 7.91. The smallest absolute Gasteiger partial charge is 0.255 e. The molecule has 2 fully saturated rings. The minimum absolute atomic E-state index is 0.112. The van der Waals surface area contributed by atoms with Crippen LogP contribution in [-0.2, 0) is 19.6 Å². The molecule has 2 saturated heterocycles. The number of ether oxygens (including phenoxy) is 1. The summed E-state index contributed by atoms with van der Waals surface area (Å²) in [6.45, 7) is 3.72. The van der Waals surface area contributed by atoms with Gasteiger partial charge >= 0.3 is 0 Å². The summed E-state index contributed by atoms with van der Waals surface area (Å²) in [4.78, 5) is 13.6. The number of hydrogen-bond acceptors (Lipinski definition) is 5. The monoisotopic (exact) mass is 344 g/mol. The topological polar surface area (TPSA) is 66.9 Å². The summed E-state index contributed by atoms with van der Waals surface area (Å²) in [5, 5.41) is 1.76. The summed E-state index contributed by atoms with van der Waals surface area (Å²) in [5.41, 5.74) is -0.784. The lowest BCUT2D eigenvalue weighted by Gasteiger charge is -2.42. The van der Waals surface area contributed by atoms with Crippen LogP contribution < -0.4 is 0 Å². The van der Waals surface area contributed by atoms with Crippen molar-refractivity contribution in [2.45, 2.75) is 36.1 Å². The van der Waals surface area contributed by atoms with Gasteiger partial charge in [0.05, 0.1) is 6.61 Å². The van der Waals surface area contributed by atoms with Crippen molar-refractivity contribution in [1.29, 1.82) is 0 Å². The fourth-order valence-electron chi connectivity index (χ4n) is 3.18. The molecule has 0 unspecified atom stereocenters. The first-order chi connectivity index (χ1) is 10.5. The van der Waals surface area contributed by atoms with Gasteiger partial charge in [-0.25, -0.2) is 8.42 Å². The third-order valence-electron chi connectivity index (χ3n) is 4.36. The number of carbonyl (C=O) groups excluding carboxylic acids is 1. The Kier molecular flexibility index (Phi) is 4.28. The van der Waals surface area contributed by atoms with Gasteiger partial charge in [-0.1, -0.05) is 13.0 Å². The van der Waals surface area contributed by atoms with Crippen molar-refractivity contribution < 1.29 is 17.9 Å². The van der Waals surface area contributed by atoms with Crippen molar-refractivity contribution in [3.63, 3.8) is 0 Å². The highest BCUT2D eigenvalue weighted by Crippen LogP contribution is 2.39. The maximum absolute atomic E-state index is 12.8. The second-order valence-electron chi connectivity index (χ2n) is 5.54. The van der Waals surface area contributed by atoms with E-state index in [9.17, 15) is 13.2 Å². The van der Waals surface area contributed by atoms with E-state index in [1.165, 1.54) is 15.6 Å². The fourth-order valence-corrected chi connectivity index (χ4v) is 6.00. The van der Waals surface area contributed by atoms with Crippen molar-refractivity contribution in [2.75, 3.05) is 26.2 Å². The molecule has 0 bridgehead atoms. The van der Waals surface area contributed by atoms with E-state index in [0.29, 0.717) is 49.7 Å². The molecule has 8 heteroatoms. The zero-order valence-electron chi connectivity index (χ0n) is 12.5. The van der Waals surface area contributed by atoms with Crippen molar-refractivity contribution in [2.24, 2.45) is 0 Å². The molecule has 3 rings (SSSR count). The lowest BCUT2D eigenvalue weighted by Crippen LogP contribution is -2.55. The molecule has 3 heterocycles. The largest absolute Gasteiger partial charge is 0.358 e. The normalized spacial score (nSPS) is 22.3. The van der Waals surface area contributed by atoms with Gasteiger partial charge in [0.2, 0.25) is 5.91 Å². The molecule has 1 aromatic heterocycles. The van der Waals surface area contributed by atoms with Gasteiger partial charge in [0.15, 0.2) is 0 Å². The number of hydrogen-bond donors (Lipinski definition) is 0. The lowest BCUT2D eigenvalue weighted by molar-refractivity contribution is -0.139. The van der Waals surface area contributed by atoms with Crippen LogP contribution in [-0.4, -0.2) is 55.5 Å². The van der Waals surface area contributed by atoms with E-state index in [4.69, 9.17) is 4.74 Å². The predicted molar refractivity (Wildman–Crippen MR) is 83.0 cm³/mol. The van der Waals surface area contributed by atoms with Gasteiger partial charge in [0.25, 0.3) is 10.0 Å². The Balaban J connectivity index is 1.81. The lowest BCUT2D eigenvalue weighted by atomic mass is 10.0. The van der Waals surface area contributed by atoms with Crippen LogP contribution in [0.25, 0.3) is 0 Å². The average molecular weight is 344 g/mol. The summed E-state index contributed by atoms with van der Waals surface area (Å²) in [5.74, 6) is 0.112. The van der Waals surface area contributed by atoms with Crippen molar-refractivity contribution in [1.82, 2.24) is 9.21 Å². The molecule has 2 aliphatic heterocycles. The van der Waals surface area contributed by atoms with Crippen molar-refractivity contribution >= 4 is 27.3 Å². The van der Waals surface area contributed by atoms with Gasteiger partial charge in [-0.2, -0.15) is 4.31 Å². The van der Waals surface area contributed by atoms with Crippen LogP contribution in [0.5, 0.6) is 0 Å². The Bertz CT molecular complexity index is 634. The molecule has 0 N–H and O–H groups in total. The molecule has 0 aliphatic carbocycles. The molecule has 6 nitrogen and oxygen atoms in total. The van der Waals surface area contributed by atoms with Crippen LogP contribution in [0.1, 0.15) is 26.2 Å². The summed E-state index contributed by atoms with van der Waals surface area (Å²) >= 11 is 1.22. The number of thiophene rings is 1. The molecular weight excluding hydrogens is 324 g/mol. The van der Waals surface area contributed by atoms with Gasteiger partial charge < -0.3 is 9.64 Å². The molecule has 22 heavy (non-hydrogen) atoms. The van der Waals surface area contributed by atoms with E-state index in [-0.39, 0.29) is 5.91 Å². The molecule has 1 amide bonds. The van der Waals surface area contributed by atoms with Gasteiger partial charge in [-0.15, -0.1) is 11.3 Å². The third kappa shape index (κ3) is 2.58. The minimum atomic E-state index is -3.52. The summed E-state index contributed by atoms with van der Waals surface area (Å²) in [7, 11) is -3.52. The zero-order chi connectivity index (χ0) is 15.8. The van der Waals surface area contributed by atoms with Gasteiger partial charge in [0, 0.05) is 38.9 Å². The number of amides is 1. The van der Waals surface area contributed by atoms with E-state index in [1.807, 2.05) is 6.92 Å². The van der Waals surface area contributed by atoms with E-state index in [2.05, 4.69) is 0 Å². The SMILES string of the molecule is CCC(=O)N1CCC2(CC1)OCCN2S(=O)(=O)c1cccs1. The Morgan fingerprint density at radius 3 is 2.68 bits per heavy atom. The van der Waals surface area contributed by atoms with Gasteiger partial charge in [-0.3, -0.25) is 4.79 Å². The Morgan fingerprint density at radius 2 is 2.09 bits per heavy atom. The van der Waals surface area contributed by atoms with Gasteiger partial charge in [0.1, 0.15) is 9.93 Å². The maximum Gasteiger partial charge on any atom is 0.255 e. The molecular formula is C14H20N2O4S2. The second kappa shape index (κ2) is 5.92. The predicted octanol–water partition coefficient (Wildman–Crippen LogP) is 1.50. The molecule has 0 saturated carbocycles. The Labute approximate surface area is 134 Å². The highest BCUT2D eigenvalue weighted by atomic mass is 32.2. The van der Waals surface area contributed by atoms with Crippen molar-refractivity contribution in [3.8, 4) is 0 Å². The van der Waals surface area contributed by atoms with Crippen molar-refractivity contribution in [3.05, 3.63) is 17.5 Å². The van der Waals surface area contributed by atoms with Crippen LogP contribution in [0.3, 0.4) is 0 Å². The first-order valence-corrected chi connectivity index (χ1v) is 9.80. The average Bonchev–Trinajstić information content (AvgIpc) is 3.18. The van der Waals surface area contributed by atoms with Crippen LogP contribution in [0, 0.1) is 0 Å². The molecule has 1 aromatic rings. The summed E-state index contributed by atoms with van der Waals surface area (Å²) in [6.07, 6.45) is 1.54. The molecule has 122 valence electrons. The quantitative estimate of drug-likeness (QED) is 0.833. The number of sulfonamides is 1. The number of carbonyl (C=O) groups is 1. The Morgan fingerprint density at radius 1 is 1.36 bits per heavy atom.